The van der Waals surface area contributed by atoms with Crippen LogP contribution in [0.2, 0.25) is 0 Å². The van der Waals surface area contributed by atoms with Crippen LogP contribution in [-0.2, 0) is 18.9 Å². The maximum absolute atomic E-state index is 10.5. The summed E-state index contributed by atoms with van der Waals surface area (Å²) in [6.07, 6.45) is -11.6. The molecule has 6 N–H and O–H groups in total. The standard InChI is InChI=1S/C14H23NO10/c1-4-15-7-9(19)12(6(3-17)24-13(7)22-4)25-14-11(21)10(20)8(18)5(2-16)23-14/h5-14,16-21H,2-3H2,1H3/t5?,6?,7?,8-,9?,10?,11?,12+,13-,14+/m1/s1. The number of hydrogen-bond donors (Lipinski definition) is 6. The van der Waals surface area contributed by atoms with Crippen LogP contribution in [0.3, 0.4) is 0 Å². The minimum Gasteiger partial charge on any atom is -0.450 e. The van der Waals surface area contributed by atoms with Gasteiger partial charge < -0.3 is 49.6 Å². The third-order valence-corrected chi connectivity index (χ3v) is 4.58. The Labute approximate surface area is 143 Å². The number of fused-ring (bicyclic) bond motifs is 1. The van der Waals surface area contributed by atoms with Crippen LogP contribution in [0, 0.1) is 0 Å². The minimum atomic E-state index is -1.63. The van der Waals surface area contributed by atoms with Gasteiger partial charge in [0.15, 0.2) is 12.2 Å². The second-order valence-corrected chi connectivity index (χ2v) is 6.27. The Balaban J connectivity index is 1.75. The van der Waals surface area contributed by atoms with E-state index in [-0.39, 0.29) is 0 Å². The fourth-order valence-corrected chi connectivity index (χ4v) is 3.20. The summed E-state index contributed by atoms with van der Waals surface area (Å²) in [5.74, 6) is 0.319. The van der Waals surface area contributed by atoms with E-state index in [1.165, 1.54) is 0 Å². The van der Waals surface area contributed by atoms with Crippen LogP contribution in [-0.4, -0.2) is 111 Å². The molecule has 6 unspecified atom stereocenters. The second-order valence-electron chi connectivity index (χ2n) is 6.27. The number of rotatable bonds is 4. The van der Waals surface area contributed by atoms with E-state index in [1.807, 2.05) is 0 Å². The molecule has 0 spiro atoms. The summed E-state index contributed by atoms with van der Waals surface area (Å²) >= 11 is 0. The predicted octanol–water partition coefficient (Wildman–Crippen LogP) is -3.93. The third kappa shape index (κ3) is 3.39. The van der Waals surface area contributed by atoms with Crippen LogP contribution in [0.5, 0.6) is 0 Å². The zero-order valence-corrected chi connectivity index (χ0v) is 13.5. The Kier molecular flexibility index (Phi) is 5.58. The van der Waals surface area contributed by atoms with E-state index >= 15 is 0 Å². The van der Waals surface area contributed by atoms with Crippen molar-refractivity contribution in [3.05, 3.63) is 0 Å². The maximum atomic E-state index is 10.5. The Morgan fingerprint density at radius 3 is 2.24 bits per heavy atom. The molecule has 3 aliphatic heterocycles. The van der Waals surface area contributed by atoms with E-state index in [4.69, 9.17) is 18.9 Å². The van der Waals surface area contributed by atoms with Crippen LogP contribution < -0.4 is 0 Å². The molecular weight excluding hydrogens is 342 g/mol. The van der Waals surface area contributed by atoms with E-state index < -0.39 is 74.6 Å². The summed E-state index contributed by atoms with van der Waals surface area (Å²) in [6, 6.07) is -0.780. The largest absolute Gasteiger partial charge is 0.450 e. The first-order valence-corrected chi connectivity index (χ1v) is 7.98. The average Bonchev–Trinajstić information content (AvgIpc) is 2.97. The lowest BCUT2D eigenvalue weighted by Gasteiger charge is -2.44. The number of hydrogen-bond acceptors (Lipinski definition) is 11. The van der Waals surface area contributed by atoms with Crippen molar-refractivity contribution < 1.29 is 49.6 Å². The Morgan fingerprint density at radius 1 is 0.920 bits per heavy atom. The molecule has 0 bridgehead atoms. The maximum Gasteiger partial charge on any atom is 0.227 e. The molecule has 0 amide bonds. The fourth-order valence-electron chi connectivity index (χ4n) is 3.20. The Bertz CT molecular complexity index is 502. The molecule has 0 saturated carbocycles. The molecule has 0 aromatic heterocycles. The van der Waals surface area contributed by atoms with Gasteiger partial charge in [-0.1, -0.05) is 0 Å². The van der Waals surface area contributed by atoms with E-state index in [0.29, 0.717) is 5.90 Å². The highest BCUT2D eigenvalue weighted by atomic mass is 16.7. The Morgan fingerprint density at radius 2 is 1.60 bits per heavy atom. The summed E-state index contributed by atoms with van der Waals surface area (Å²) in [7, 11) is 0. The summed E-state index contributed by atoms with van der Waals surface area (Å²) in [5, 5.41) is 58.9. The van der Waals surface area contributed by atoms with Gasteiger partial charge in [0.05, 0.1) is 13.2 Å². The van der Waals surface area contributed by atoms with Crippen molar-refractivity contribution in [1.29, 1.82) is 0 Å². The van der Waals surface area contributed by atoms with Gasteiger partial charge in [0, 0.05) is 6.92 Å². The highest BCUT2D eigenvalue weighted by Crippen LogP contribution is 2.32. The van der Waals surface area contributed by atoms with Gasteiger partial charge in [-0.3, -0.25) is 0 Å². The topological polar surface area (TPSA) is 171 Å². The number of aliphatic hydroxyl groups is 6. The molecule has 144 valence electrons. The number of aliphatic hydroxyl groups excluding tert-OH is 6. The second kappa shape index (κ2) is 7.39. The Hall–Kier alpha value is -0.890. The highest BCUT2D eigenvalue weighted by molar-refractivity contribution is 5.75. The van der Waals surface area contributed by atoms with Gasteiger partial charge in [0.2, 0.25) is 6.29 Å². The van der Waals surface area contributed by atoms with E-state index in [9.17, 15) is 30.6 Å². The number of nitrogens with zero attached hydrogens (tertiary/aromatic N) is 1. The number of aliphatic imine (C=N–C) groups is 1. The van der Waals surface area contributed by atoms with Gasteiger partial charge in [0.25, 0.3) is 0 Å². The predicted molar refractivity (Wildman–Crippen MR) is 78.4 cm³/mol. The SMILES string of the molecule is CC1=NC2C(O)[C@@H](O[C@@H]3OC(CO)[C@@H](O)C(O)C3O)C(CO)O[C@H]2O1. The van der Waals surface area contributed by atoms with E-state index in [1.54, 1.807) is 6.92 Å². The van der Waals surface area contributed by atoms with Gasteiger partial charge in [-0.2, -0.15) is 0 Å². The number of ether oxygens (including phenoxy) is 4. The van der Waals surface area contributed by atoms with Gasteiger partial charge in [-0.15, -0.1) is 0 Å². The first kappa shape index (κ1) is 18.9. The normalized spacial score (nSPS) is 50.1. The minimum absolute atomic E-state index is 0.319. The molecule has 3 aliphatic rings. The van der Waals surface area contributed by atoms with Gasteiger partial charge >= 0.3 is 0 Å². The van der Waals surface area contributed by atoms with Crippen LogP contribution >= 0.6 is 0 Å². The summed E-state index contributed by atoms with van der Waals surface area (Å²) in [4.78, 5) is 4.11. The van der Waals surface area contributed by atoms with Gasteiger partial charge in [-0.25, -0.2) is 4.99 Å². The lowest BCUT2D eigenvalue weighted by Crippen LogP contribution is -2.63. The average molecular weight is 365 g/mol. The molecule has 2 saturated heterocycles. The van der Waals surface area contributed by atoms with Crippen molar-refractivity contribution in [2.45, 2.75) is 68.3 Å². The molecule has 11 heteroatoms. The fraction of sp³-hybridized carbons (Fsp3) is 0.929. The lowest BCUT2D eigenvalue weighted by molar-refractivity contribution is -0.341. The van der Waals surface area contributed by atoms with Crippen LogP contribution in [0.15, 0.2) is 4.99 Å². The molecule has 10 atom stereocenters. The highest BCUT2D eigenvalue weighted by Gasteiger charge is 2.52. The summed E-state index contributed by atoms with van der Waals surface area (Å²) < 4.78 is 21.6. The van der Waals surface area contributed by atoms with Crippen LogP contribution in [0.25, 0.3) is 0 Å². The molecule has 0 aromatic rings. The third-order valence-electron chi connectivity index (χ3n) is 4.58. The van der Waals surface area contributed by atoms with Crippen LogP contribution in [0.4, 0.5) is 0 Å². The monoisotopic (exact) mass is 365 g/mol. The van der Waals surface area contributed by atoms with Crippen molar-refractivity contribution in [2.75, 3.05) is 13.2 Å². The molecular formula is C14H23NO10. The van der Waals surface area contributed by atoms with Crippen LogP contribution in [0.1, 0.15) is 6.92 Å². The van der Waals surface area contributed by atoms with Crippen molar-refractivity contribution in [2.24, 2.45) is 4.99 Å². The first-order valence-electron chi connectivity index (χ1n) is 7.98. The molecule has 0 aromatic carbocycles. The molecule has 3 rings (SSSR count). The zero-order valence-electron chi connectivity index (χ0n) is 13.5. The van der Waals surface area contributed by atoms with Gasteiger partial charge in [-0.05, 0) is 0 Å². The smallest absolute Gasteiger partial charge is 0.227 e. The van der Waals surface area contributed by atoms with E-state index in [0.717, 1.165) is 0 Å². The van der Waals surface area contributed by atoms with Gasteiger partial charge in [0.1, 0.15) is 48.8 Å². The molecule has 11 nitrogen and oxygen atoms in total. The molecule has 25 heavy (non-hydrogen) atoms. The van der Waals surface area contributed by atoms with Crippen molar-refractivity contribution >= 4 is 5.90 Å². The quantitative estimate of drug-likeness (QED) is 0.289. The lowest BCUT2D eigenvalue weighted by atomic mass is 9.96. The first-order chi connectivity index (χ1) is 11.9. The van der Waals surface area contributed by atoms with E-state index in [2.05, 4.69) is 4.99 Å². The molecule has 0 radical (unpaired) electrons. The van der Waals surface area contributed by atoms with Crippen molar-refractivity contribution in [1.82, 2.24) is 0 Å². The zero-order chi connectivity index (χ0) is 18.3. The summed E-state index contributed by atoms with van der Waals surface area (Å²) in [5.41, 5.74) is 0. The van der Waals surface area contributed by atoms with Crippen molar-refractivity contribution in [3.8, 4) is 0 Å². The molecule has 3 heterocycles. The molecule has 0 aliphatic carbocycles. The molecule has 2 fully saturated rings. The summed E-state index contributed by atoms with van der Waals surface area (Å²) in [6.45, 7) is 0.473. The van der Waals surface area contributed by atoms with Crippen molar-refractivity contribution in [3.63, 3.8) is 0 Å².